The number of imidazole rings is 1. The monoisotopic (exact) mass is 416 g/mol. The number of rotatable bonds is 7. The number of nitrogens with zero attached hydrogens (tertiary/aromatic N) is 4. The Labute approximate surface area is 183 Å². The number of hydrogen-bond donors (Lipinski definition) is 1. The molecule has 6 nitrogen and oxygen atoms in total. The highest BCUT2D eigenvalue weighted by molar-refractivity contribution is 5.56. The lowest BCUT2D eigenvalue weighted by molar-refractivity contribution is 0.205. The fourth-order valence-electron chi connectivity index (χ4n) is 4.01. The molecule has 1 atom stereocenters. The van der Waals surface area contributed by atoms with Gasteiger partial charge in [-0.25, -0.2) is 4.98 Å². The third-order valence-electron chi connectivity index (χ3n) is 5.70. The summed E-state index contributed by atoms with van der Waals surface area (Å²) in [4.78, 5) is 9.13. The van der Waals surface area contributed by atoms with E-state index in [0.717, 1.165) is 49.7 Å². The summed E-state index contributed by atoms with van der Waals surface area (Å²) in [6, 6.07) is 16.2. The zero-order valence-electron chi connectivity index (χ0n) is 17.8. The van der Waals surface area contributed by atoms with Crippen LogP contribution in [0.25, 0.3) is 0 Å². The van der Waals surface area contributed by atoms with Crippen LogP contribution in [0.1, 0.15) is 23.1 Å². The molecule has 1 saturated heterocycles. The lowest BCUT2D eigenvalue weighted by atomic mass is 10.0. The van der Waals surface area contributed by atoms with Crippen LogP contribution in [0.5, 0.6) is 5.75 Å². The Hall–Kier alpha value is -3.27. The molecule has 2 aromatic carbocycles. The first-order valence-corrected chi connectivity index (χ1v) is 10.5. The average molecular weight is 417 g/mol. The molecule has 0 bridgehead atoms. The molecule has 2 heterocycles. The summed E-state index contributed by atoms with van der Waals surface area (Å²) in [5.41, 5.74) is 3.23. The van der Waals surface area contributed by atoms with E-state index in [9.17, 15) is 5.11 Å². The Balaban J connectivity index is 1.38. The topological polar surface area (TPSA) is 53.8 Å². The summed E-state index contributed by atoms with van der Waals surface area (Å²) in [6.07, 6.45) is 8.06. The predicted molar refractivity (Wildman–Crippen MR) is 122 cm³/mol. The van der Waals surface area contributed by atoms with Crippen molar-refractivity contribution in [2.75, 3.05) is 37.7 Å². The smallest absolute Gasteiger partial charge is 0.148 e. The second kappa shape index (κ2) is 9.69. The average Bonchev–Trinajstić information content (AvgIpc) is 3.24. The van der Waals surface area contributed by atoms with Gasteiger partial charge in [0.1, 0.15) is 24.3 Å². The van der Waals surface area contributed by atoms with Crippen LogP contribution in [0.2, 0.25) is 0 Å². The number of aliphatic hydroxyl groups is 1. The lowest BCUT2D eigenvalue weighted by Gasteiger charge is -2.37. The molecule has 1 aliphatic heterocycles. The number of terminal acetylenes is 1. The standard InChI is InChI=1S/C25H28N4O2/c1-3-18-31-21-10-8-20(9-11-21)19-28-14-16-29(17-15-28)23-7-5-4-6-22(23)24(30)25-26-12-13-27(25)2/h1,4-13,24,30H,14-19H2,2H3/t24-/m1/s1. The van der Waals surface area contributed by atoms with Gasteiger partial charge in [-0.15, -0.1) is 6.42 Å². The number of ether oxygens (including phenoxy) is 1. The van der Waals surface area contributed by atoms with E-state index < -0.39 is 6.10 Å². The molecule has 0 spiro atoms. The first kappa shape index (κ1) is 21.0. The minimum atomic E-state index is -0.746. The molecule has 0 amide bonds. The van der Waals surface area contributed by atoms with Crippen LogP contribution in [0.3, 0.4) is 0 Å². The van der Waals surface area contributed by atoms with Crippen molar-refractivity contribution in [1.29, 1.82) is 0 Å². The second-order valence-corrected chi connectivity index (χ2v) is 7.76. The van der Waals surface area contributed by atoms with Gasteiger partial charge in [-0.2, -0.15) is 0 Å². The van der Waals surface area contributed by atoms with Gasteiger partial charge in [0.15, 0.2) is 0 Å². The molecule has 3 aromatic rings. The molecule has 0 aliphatic carbocycles. The van der Waals surface area contributed by atoms with Gasteiger partial charge in [0, 0.05) is 63.4 Å². The molecule has 6 heteroatoms. The van der Waals surface area contributed by atoms with Crippen LogP contribution in [0.4, 0.5) is 5.69 Å². The molecular weight excluding hydrogens is 388 g/mol. The SMILES string of the molecule is C#CCOc1ccc(CN2CCN(c3ccccc3[C@@H](O)c3nccn3C)CC2)cc1. The van der Waals surface area contributed by atoms with Crippen molar-refractivity contribution in [1.82, 2.24) is 14.5 Å². The maximum atomic E-state index is 11.0. The quantitative estimate of drug-likeness (QED) is 0.601. The van der Waals surface area contributed by atoms with Crippen molar-refractivity contribution < 1.29 is 9.84 Å². The van der Waals surface area contributed by atoms with Crippen molar-refractivity contribution >= 4 is 5.69 Å². The lowest BCUT2D eigenvalue weighted by Crippen LogP contribution is -2.46. The van der Waals surface area contributed by atoms with Crippen molar-refractivity contribution in [3.8, 4) is 18.1 Å². The number of aryl methyl sites for hydroxylation is 1. The first-order valence-electron chi connectivity index (χ1n) is 10.5. The van der Waals surface area contributed by atoms with Crippen LogP contribution in [-0.4, -0.2) is 52.3 Å². The molecule has 160 valence electrons. The highest BCUT2D eigenvalue weighted by Gasteiger charge is 2.24. The number of para-hydroxylation sites is 1. The van der Waals surface area contributed by atoms with E-state index in [2.05, 4.69) is 38.9 Å². The Bertz CT molecular complexity index is 1030. The minimum Gasteiger partial charge on any atom is -0.481 e. The van der Waals surface area contributed by atoms with E-state index in [0.29, 0.717) is 5.82 Å². The van der Waals surface area contributed by atoms with Crippen LogP contribution in [0.15, 0.2) is 60.9 Å². The maximum Gasteiger partial charge on any atom is 0.148 e. The first-order chi connectivity index (χ1) is 15.2. The summed E-state index contributed by atoms with van der Waals surface area (Å²) in [7, 11) is 1.90. The molecule has 1 N–H and O–H groups in total. The van der Waals surface area contributed by atoms with Gasteiger partial charge in [0.2, 0.25) is 0 Å². The molecule has 0 radical (unpaired) electrons. The normalized spacial score (nSPS) is 15.5. The molecule has 0 unspecified atom stereocenters. The Morgan fingerprint density at radius 2 is 1.84 bits per heavy atom. The number of aliphatic hydroxyl groups excluding tert-OH is 1. The van der Waals surface area contributed by atoms with Gasteiger partial charge in [-0.05, 0) is 23.8 Å². The van der Waals surface area contributed by atoms with Crippen molar-refractivity contribution in [2.24, 2.45) is 7.05 Å². The molecular formula is C25H28N4O2. The second-order valence-electron chi connectivity index (χ2n) is 7.76. The minimum absolute atomic E-state index is 0.289. The third-order valence-corrected chi connectivity index (χ3v) is 5.70. The van der Waals surface area contributed by atoms with Crippen molar-refractivity contribution in [3.05, 3.63) is 77.9 Å². The van der Waals surface area contributed by atoms with E-state index in [-0.39, 0.29) is 6.61 Å². The largest absolute Gasteiger partial charge is 0.481 e. The zero-order valence-corrected chi connectivity index (χ0v) is 17.8. The van der Waals surface area contributed by atoms with Crippen molar-refractivity contribution in [3.63, 3.8) is 0 Å². The van der Waals surface area contributed by atoms with Gasteiger partial charge in [-0.3, -0.25) is 4.90 Å². The number of benzene rings is 2. The van der Waals surface area contributed by atoms with Gasteiger partial charge in [-0.1, -0.05) is 36.3 Å². The van der Waals surface area contributed by atoms with E-state index in [1.54, 1.807) is 6.20 Å². The van der Waals surface area contributed by atoms with E-state index >= 15 is 0 Å². The van der Waals surface area contributed by atoms with Crippen LogP contribution in [-0.2, 0) is 13.6 Å². The van der Waals surface area contributed by atoms with E-state index in [4.69, 9.17) is 11.2 Å². The van der Waals surface area contributed by atoms with Crippen LogP contribution >= 0.6 is 0 Å². The number of hydrogen-bond acceptors (Lipinski definition) is 5. The summed E-state index contributed by atoms with van der Waals surface area (Å²) in [6.45, 7) is 4.93. The van der Waals surface area contributed by atoms with E-state index in [1.165, 1.54) is 5.56 Å². The molecule has 0 saturated carbocycles. The predicted octanol–water partition coefficient (Wildman–Crippen LogP) is 2.84. The Morgan fingerprint density at radius 3 is 2.52 bits per heavy atom. The number of aromatic nitrogens is 2. The molecule has 1 aliphatic rings. The Morgan fingerprint density at radius 1 is 1.10 bits per heavy atom. The van der Waals surface area contributed by atoms with E-state index in [1.807, 2.05) is 48.1 Å². The fourth-order valence-corrected chi connectivity index (χ4v) is 4.01. The van der Waals surface area contributed by atoms with Gasteiger partial charge < -0.3 is 19.3 Å². The van der Waals surface area contributed by atoms with Crippen LogP contribution < -0.4 is 9.64 Å². The zero-order chi connectivity index (χ0) is 21.6. The van der Waals surface area contributed by atoms with Crippen molar-refractivity contribution in [2.45, 2.75) is 12.6 Å². The van der Waals surface area contributed by atoms with Gasteiger partial charge in [0.05, 0.1) is 0 Å². The molecule has 1 aromatic heterocycles. The number of piperazine rings is 1. The maximum absolute atomic E-state index is 11.0. The summed E-state index contributed by atoms with van der Waals surface area (Å²) < 4.78 is 7.31. The number of anilines is 1. The summed E-state index contributed by atoms with van der Waals surface area (Å²) in [5.74, 6) is 3.93. The highest BCUT2D eigenvalue weighted by Crippen LogP contribution is 2.30. The molecule has 31 heavy (non-hydrogen) atoms. The summed E-state index contributed by atoms with van der Waals surface area (Å²) in [5, 5.41) is 11.0. The molecule has 1 fully saturated rings. The Kier molecular flexibility index (Phi) is 6.56. The highest BCUT2D eigenvalue weighted by atomic mass is 16.5. The van der Waals surface area contributed by atoms with Gasteiger partial charge in [0.25, 0.3) is 0 Å². The molecule has 4 rings (SSSR count). The third kappa shape index (κ3) is 4.91. The van der Waals surface area contributed by atoms with Gasteiger partial charge >= 0.3 is 0 Å². The summed E-state index contributed by atoms with van der Waals surface area (Å²) >= 11 is 0. The van der Waals surface area contributed by atoms with Crippen LogP contribution in [0, 0.1) is 12.3 Å². The fraction of sp³-hybridized carbons (Fsp3) is 0.320.